The number of rotatable bonds is 5. The first-order chi connectivity index (χ1) is 9.71. The first kappa shape index (κ1) is 14.0. The van der Waals surface area contributed by atoms with Crippen LogP contribution in [0.2, 0.25) is 0 Å². The maximum Gasteiger partial charge on any atom is 0.140 e. The number of nitrogens with zero attached hydrogens (tertiary/aromatic N) is 3. The number of ether oxygens (including phenoxy) is 1. The van der Waals surface area contributed by atoms with E-state index in [1.807, 2.05) is 24.3 Å². The van der Waals surface area contributed by atoms with Gasteiger partial charge in [-0.05, 0) is 42.4 Å². The second-order valence-corrected chi connectivity index (χ2v) is 4.68. The maximum atomic E-state index is 8.84. The van der Waals surface area contributed by atoms with Gasteiger partial charge in [-0.2, -0.15) is 5.26 Å². The normalized spacial score (nSPS) is 10.3. The largest absolute Gasteiger partial charge is 0.497 e. The highest BCUT2D eigenvalue weighted by atomic mass is 16.5. The van der Waals surface area contributed by atoms with Gasteiger partial charge in [0.15, 0.2) is 0 Å². The zero-order valence-corrected chi connectivity index (χ0v) is 11.7. The smallest absolute Gasteiger partial charge is 0.140 e. The van der Waals surface area contributed by atoms with Crippen LogP contribution in [-0.4, -0.2) is 24.0 Å². The van der Waals surface area contributed by atoms with E-state index in [2.05, 4.69) is 35.1 Å². The SMILES string of the molecule is COc1ccc(CN(C)Cc2ccnc(C#N)c2)cc1. The molecule has 1 aromatic heterocycles. The van der Waals surface area contributed by atoms with E-state index in [4.69, 9.17) is 10.00 Å². The summed E-state index contributed by atoms with van der Waals surface area (Å²) in [6.45, 7) is 1.62. The second kappa shape index (κ2) is 6.69. The average Bonchev–Trinajstić information content (AvgIpc) is 2.48. The van der Waals surface area contributed by atoms with Crippen LogP contribution in [0.3, 0.4) is 0 Å². The molecular formula is C16H17N3O. The zero-order chi connectivity index (χ0) is 14.4. The standard InChI is InChI=1S/C16H17N3O/c1-19(11-13-3-5-16(20-2)6-4-13)12-14-7-8-18-15(9-14)10-17/h3-9H,11-12H2,1-2H3. The highest BCUT2D eigenvalue weighted by molar-refractivity contribution is 5.28. The van der Waals surface area contributed by atoms with Crippen LogP contribution in [-0.2, 0) is 13.1 Å². The third-order valence-electron chi connectivity index (χ3n) is 3.00. The Morgan fingerprint density at radius 3 is 2.50 bits per heavy atom. The minimum Gasteiger partial charge on any atom is -0.497 e. The molecule has 2 rings (SSSR count). The third-order valence-corrected chi connectivity index (χ3v) is 3.00. The van der Waals surface area contributed by atoms with Gasteiger partial charge in [-0.3, -0.25) is 4.90 Å². The fourth-order valence-electron chi connectivity index (χ4n) is 2.04. The van der Waals surface area contributed by atoms with Crippen molar-refractivity contribution in [2.45, 2.75) is 13.1 Å². The Morgan fingerprint density at radius 1 is 1.15 bits per heavy atom. The molecule has 0 radical (unpaired) electrons. The van der Waals surface area contributed by atoms with Crippen LogP contribution in [0.5, 0.6) is 5.75 Å². The second-order valence-electron chi connectivity index (χ2n) is 4.68. The summed E-state index contributed by atoms with van der Waals surface area (Å²) in [4.78, 5) is 6.17. The number of hydrogen-bond acceptors (Lipinski definition) is 4. The topological polar surface area (TPSA) is 49.1 Å². The first-order valence-electron chi connectivity index (χ1n) is 6.38. The Labute approximate surface area is 119 Å². The molecule has 1 heterocycles. The number of benzene rings is 1. The fraction of sp³-hybridized carbons (Fsp3) is 0.250. The molecule has 0 saturated carbocycles. The predicted octanol–water partition coefficient (Wildman–Crippen LogP) is 2.59. The Balaban J connectivity index is 1.97. The van der Waals surface area contributed by atoms with Crippen LogP contribution >= 0.6 is 0 Å². The van der Waals surface area contributed by atoms with Crippen molar-refractivity contribution in [3.8, 4) is 11.8 Å². The van der Waals surface area contributed by atoms with Crippen LogP contribution < -0.4 is 4.74 Å². The monoisotopic (exact) mass is 267 g/mol. The van der Waals surface area contributed by atoms with Crippen molar-refractivity contribution in [3.05, 3.63) is 59.4 Å². The highest BCUT2D eigenvalue weighted by Crippen LogP contribution is 2.13. The molecule has 0 bridgehead atoms. The molecule has 0 atom stereocenters. The van der Waals surface area contributed by atoms with Gasteiger partial charge in [-0.1, -0.05) is 12.1 Å². The number of aromatic nitrogens is 1. The molecule has 20 heavy (non-hydrogen) atoms. The predicted molar refractivity (Wildman–Crippen MR) is 77.1 cm³/mol. The minimum atomic E-state index is 0.459. The Hall–Kier alpha value is -2.38. The number of methoxy groups -OCH3 is 1. The van der Waals surface area contributed by atoms with Gasteiger partial charge in [0.2, 0.25) is 0 Å². The van der Waals surface area contributed by atoms with E-state index in [1.165, 1.54) is 5.56 Å². The van der Waals surface area contributed by atoms with E-state index < -0.39 is 0 Å². The molecule has 0 spiro atoms. The lowest BCUT2D eigenvalue weighted by atomic mass is 10.2. The number of hydrogen-bond donors (Lipinski definition) is 0. The van der Waals surface area contributed by atoms with E-state index in [0.29, 0.717) is 5.69 Å². The Morgan fingerprint density at radius 2 is 1.85 bits per heavy atom. The molecule has 0 saturated heterocycles. The molecule has 1 aromatic carbocycles. The van der Waals surface area contributed by atoms with Crippen molar-refractivity contribution in [2.24, 2.45) is 0 Å². The quantitative estimate of drug-likeness (QED) is 0.835. The molecule has 0 unspecified atom stereocenters. The molecular weight excluding hydrogens is 250 g/mol. The molecule has 0 N–H and O–H groups in total. The van der Waals surface area contributed by atoms with Crippen molar-refractivity contribution in [2.75, 3.05) is 14.2 Å². The number of nitriles is 1. The summed E-state index contributed by atoms with van der Waals surface area (Å²) in [6, 6.07) is 13.9. The van der Waals surface area contributed by atoms with Crippen molar-refractivity contribution in [1.82, 2.24) is 9.88 Å². The van der Waals surface area contributed by atoms with E-state index in [9.17, 15) is 0 Å². The fourth-order valence-corrected chi connectivity index (χ4v) is 2.04. The Bertz CT molecular complexity index is 602. The summed E-state index contributed by atoms with van der Waals surface area (Å²) < 4.78 is 5.14. The minimum absolute atomic E-state index is 0.459. The molecule has 102 valence electrons. The lowest BCUT2D eigenvalue weighted by molar-refractivity contribution is 0.318. The Kier molecular flexibility index (Phi) is 4.70. The van der Waals surface area contributed by atoms with Gasteiger partial charge in [0.25, 0.3) is 0 Å². The van der Waals surface area contributed by atoms with Gasteiger partial charge in [0, 0.05) is 19.3 Å². The third kappa shape index (κ3) is 3.81. The molecule has 2 aromatic rings. The van der Waals surface area contributed by atoms with Gasteiger partial charge >= 0.3 is 0 Å². The van der Waals surface area contributed by atoms with Gasteiger partial charge in [0.1, 0.15) is 17.5 Å². The van der Waals surface area contributed by atoms with Gasteiger partial charge in [-0.25, -0.2) is 4.98 Å². The lowest BCUT2D eigenvalue weighted by Gasteiger charge is -2.17. The molecule has 0 aliphatic carbocycles. The molecule has 0 amide bonds. The molecule has 0 aliphatic heterocycles. The molecule has 4 heteroatoms. The summed E-state index contributed by atoms with van der Waals surface area (Å²) >= 11 is 0. The van der Waals surface area contributed by atoms with Gasteiger partial charge < -0.3 is 4.74 Å². The van der Waals surface area contributed by atoms with Crippen molar-refractivity contribution < 1.29 is 4.74 Å². The highest BCUT2D eigenvalue weighted by Gasteiger charge is 2.03. The van der Waals surface area contributed by atoms with Crippen LogP contribution in [0.25, 0.3) is 0 Å². The van der Waals surface area contributed by atoms with Crippen LogP contribution in [0.15, 0.2) is 42.6 Å². The molecule has 4 nitrogen and oxygen atoms in total. The van der Waals surface area contributed by atoms with Crippen molar-refractivity contribution >= 4 is 0 Å². The van der Waals surface area contributed by atoms with Crippen LogP contribution in [0.4, 0.5) is 0 Å². The van der Waals surface area contributed by atoms with Crippen molar-refractivity contribution in [3.63, 3.8) is 0 Å². The summed E-state index contributed by atoms with van der Waals surface area (Å²) in [7, 11) is 3.72. The summed E-state index contributed by atoms with van der Waals surface area (Å²) in [5.41, 5.74) is 2.77. The average molecular weight is 267 g/mol. The first-order valence-corrected chi connectivity index (χ1v) is 6.38. The van der Waals surface area contributed by atoms with E-state index in [-0.39, 0.29) is 0 Å². The van der Waals surface area contributed by atoms with E-state index in [1.54, 1.807) is 13.3 Å². The molecule has 0 aliphatic rings. The summed E-state index contributed by atoms with van der Waals surface area (Å²) in [5, 5.41) is 8.84. The van der Waals surface area contributed by atoms with E-state index in [0.717, 1.165) is 24.4 Å². The van der Waals surface area contributed by atoms with Crippen molar-refractivity contribution in [1.29, 1.82) is 5.26 Å². The lowest BCUT2D eigenvalue weighted by Crippen LogP contribution is -2.17. The van der Waals surface area contributed by atoms with Crippen LogP contribution in [0, 0.1) is 11.3 Å². The zero-order valence-electron chi connectivity index (χ0n) is 11.7. The summed E-state index contributed by atoms with van der Waals surface area (Å²) in [5.74, 6) is 0.865. The summed E-state index contributed by atoms with van der Waals surface area (Å²) in [6.07, 6.45) is 1.68. The van der Waals surface area contributed by atoms with Gasteiger partial charge in [-0.15, -0.1) is 0 Å². The van der Waals surface area contributed by atoms with Gasteiger partial charge in [0.05, 0.1) is 7.11 Å². The van der Waals surface area contributed by atoms with E-state index >= 15 is 0 Å². The van der Waals surface area contributed by atoms with Crippen LogP contribution in [0.1, 0.15) is 16.8 Å². The molecule has 0 fully saturated rings. The maximum absolute atomic E-state index is 8.84. The number of pyridine rings is 1.